The molecule has 0 unspecified atom stereocenters. The van der Waals surface area contributed by atoms with E-state index < -0.39 is 5.54 Å². The molecule has 3 heterocycles. The predicted molar refractivity (Wildman–Crippen MR) is 107 cm³/mol. The molecule has 0 radical (unpaired) electrons. The van der Waals surface area contributed by atoms with Crippen molar-refractivity contribution in [3.63, 3.8) is 0 Å². The quantitative estimate of drug-likeness (QED) is 0.727. The zero-order chi connectivity index (χ0) is 19.8. The van der Waals surface area contributed by atoms with E-state index in [1.165, 1.54) is 0 Å². The Morgan fingerprint density at radius 1 is 0.963 bits per heavy atom. The maximum atomic E-state index is 6.34. The van der Waals surface area contributed by atoms with Crippen molar-refractivity contribution < 1.29 is 4.74 Å². The van der Waals surface area contributed by atoms with Gasteiger partial charge in [-0.25, -0.2) is 19.9 Å². The minimum atomic E-state index is -0.551. The molecule has 0 atom stereocenters. The molecule has 0 aromatic carbocycles. The van der Waals surface area contributed by atoms with Crippen molar-refractivity contribution in [2.75, 3.05) is 12.4 Å². The van der Waals surface area contributed by atoms with Crippen LogP contribution in [0.4, 0.5) is 11.6 Å². The van der Waals surface area contributed by atoms with Crippen molar-refractivity contribution in [2.45, 2.75) is 45.6 Å². The number of hydrogen-bond acceptors (Lipinski definition) is 7. The molecule has 7 nitrogen and oxygen atoms in total. The summed E-state index contributed by atoms with van der Waals surface area (Å²) in [6.07, 6.45) is 5.25. The number of pyridine rings is 2. The highest BCUT2D eigenvalue weighted by molar-refractivity contribution is 5.91. The van der Waals surface area contributed by atoms with Crippen LogP contribution in [0.25, 0.3) is 10.8 Å². The van der Waals surface area contributed by atoms with Crippen LogP contribution in [-0.2, 0) is 11.0 Å². The SMILES string of the molecule is COc1ncc(C(C)(C)N)c2cc(Nc3ccnc(C(C)(C)C)n3)ncc12. The Hall–Kier alpha value is -2.80. The lowest BCUT2D eigenvalue weighted by atomic mass is 9.93. The summed E-state index contributed by atoms with van der Waals surface area (Å²) in [5.74, 6) is 2.65. The second kappa shape index (κ2) is 6.74. The van der Waals surface area contributed by atoms with Crippen molar-refractivity contribution >= 4 is 22.4 Å². The molecule has 0 amide bonds. The fraction of sp³-hybridized carbons (Fsp3) is 0.400. The van der Waals surface area contributed by atoms with E-state index in [-0.39, 0.29) is 5.41 Å². The van der Waals surface area contributed by atoms with Crippen LogP contribution in [0.1, 0.15) is 46.0 Å². The van der Waals surface area contributed by atoms with Gasteiger partial charge in [-0.2, -0.15) is 0 Å². The van der Waals surface area contributed by atoms with Gasteiger partial charge >= 0.3 is 0 Å². The largest absolute Gasteiger partial charge is 0.481 e. The van der Waals surface area contributed by atoms with E-state index in [9.17, 15) is 0 Å². The molecule has 0 aliphatic rings. The van der Waals surface area contributed by atoms with Gasteiger partial charge in [0, 0.05) is 29.5 Å². The molecule has 3 aromatic rings. The van der Waals surface area contributed by atoms with Gasteiger partial charge in [-0.05, 0) is 36.9 Å². The van der Waals surface area contributed by atoms with Crippen LogP contribution in [0, 0.1) is 0 Å². The van der Waals surface area contributed by atoms with Crippen molar-refractivity contribution in [1.29, 1.82) is 0 Å². The number of methoxy groups -OCH3 is 1. The third kappa shape index (κ3) is 3.98. The van der Waals surface area contributed by atoms with Crippen LogP contribution >= 0.6 is 0 Å². The van der Waals surface area contributed by atoms with E-state index in [1.807, 2.05) is 26.0 Å². The molecule has 0 aliphatic carbocycles. The van der Waals surface area contributed by atoms with E-state index in [2.05, 4.69) is 46.0 Å². The maximum absolute atomic E-state index is 6.34. The van der Waals surface area contributed by atoms with Crippen LogP contribution in [0.15, 0.2) is 30.7 Å². The Morgan fingerprint density at radius 3 is 2.33 bits per heavy atom. The molecule has 0 aliphatic heterocycles. The number of aromatic nitrogens is 4. The van der Waals surface area contributed by atoms with Crippen LogP contribution in [-0.4, -0.2) is 27.0 Å². The summed E-state index contributed by atoms with van der Waals surface area (Å²) >= 11 is 0. The molecule has 0 saturated heterocycles. The number of hydrogen-bond donors (Lipinski definition) is 2. The molecule has 3 aromatic heterocycles. The zero-order valence-corrected chi connectivity index (χ0v) is 16.7. The Balaban J connectivity index is 2.06. The van der Waals surface area contributed by atoms with Gasteiger partial charge in [0.15, 0.2) is 0 Å². The standard InChI is InChI=1S/C20H26N6O/c1-19(2,3)18-22-8-7-15(26-18)25-16-9-12-13(10-23-16)17(27-6)24-11-14(12)20(4,5)21/h7-11H,21H2,1-6H3,(H,22,23,25,26). The first-order chi connectivity index (χ1) is 12.6. The summed E-state index contributed by atoms with van der Waals surface area (Å²) in [6.45, 7) is 10.1. The molecule has 142 valence electrons. The molecule has 3 N–H and O–H groups in total. The third-order valence-corrected chi connectivity index (χ3v) is 4.21. The maximum Gasteiger partial charge on any atom is 0.222 e. The molecule has 3 rings (SSSR count). The van der Waals surface area contributed by atoms with Crippen LogP contribution in [0.2, 0.25) is 0 Å². The third-order valence-electron chi connectivity index (χ3n) is 4.21. The highest BCUT2D eigenvalue weighted by Gasteiger charge is 2.21. The van der Waals surface area contributed by atoms with Gasteiger partial charge in [-0.15, -0.1) is 0 Å². The van der Waals surface area contributed by atoms with E-state index in [0.717, 1.165) is 22.2 Å². The Kier molecular flexibility index (Phi) is 4.73. The molecule has 0 bridgehead atoms. The lowest BCUT2D eigenvalue weighted by Gasteiger charge is -2.22. The van der Waals surface area contributed by atoms with Crippen molar-refractivity contribution in [1.82, 2.24) is 19.9 Å². The molecule has 7 heteroatoms. The monoisotopic (exact) mass is 366 g/mol. The Bertz CT molecular complexity index is 972. The molecular formula is C20H26N6O. The van der Waals surface area contributed by atoms with E-state index in [4.69, 9.17) is 10.5 Å². The van der Waals surface area contributed by atoms with Crippen LogP contribution < -0.4 is 15.8 Å². The van der Waals surface area contributed by atoms with E-state index in [1.54, 1.807) is 25.7 Å². The number of fused-ring (bicyclic) bond motifs is 1. The molecule has 0 saturated carbocycles. The van der Waals surface area contributed by atoms with Crippen LogP contribution in [0.5, 0.6) is 5.88 Å². The summed E-state index contributed by atoms with van der Waals surface area (Å²) in [5, 5.41) is 5.02. The lowest BCUT2D eigenvalue weighted by molar-refractivity contribution is 0.402. The van der Waals surface area contributed by atoms with Crippen molar-refractivity contribution in [3.05, 3.63) is 42.1 Å². The second-order valence-corrected chi connectivity index (χ2v) is 8.16. The topological polar surface area (TPSA) is 98.8 Å². The highest BCUT2D eigenvalue weighted by Crippen LogP contribution is 2.32. The number of nitrogens with two attached hydrogens (primary N) is 1. The highest BCUT2D eigenvalue weighted by atomic mass is 16.5. The second-order valence-electron chi connectivity index (χ2n) is 8.16. The van der Waals surface area contributed by atoms with Gasteiger partial charge in [-0.3, -0.25) is 0 Å². The number of anilines is 2. The minimum absolute atomic E-state index is 0.135. The Morgan fingerprint density at radius 2 is 1.70 bits per heavy atom. The summed E-state index contributed by atoms with van der Waals surface area (Å²) in [6, 6.07) is 3.77. The van der Waals surface area contributed by atoms with E-state index in [0.29, 0.717) is 17.5 Å². The van der Waals surface area contributed by atoms with Crippen molar-refractivity contribution in [3.8, 4) is 5.88 Å². The predicted octanol–water partition coefficient (Wildman–Crippen LogP) is 3.66. The number of ether oxygens (including phenoxy) is 1. The molecule has 0 fully saturated rings. The van der Waals surface area contributed by atoms with Gasteiger partial charge in [0.25, 0.3) is 0 Å². The number of rotatable bonds is 4. The first kappa shape index (κ1) is 19.0. The van der Waals surface area contributed by atoms with Crippen molar-refractivity contribution in [2.24, 2.45) is 5.73 Å². The number of nitrogens with one attached hydrogen (secondary N) is 1. The average Bonchev–Trinajstić information content (AvgIpc) is 2.59. The smallest absolute Gasteiger partial charge is 0.222 e. The normalized spacial score (nSPS) is 12.3. The van der Waals surface area contributed by atoms with E-state index >= 15 is 0 Å². The van der Waals surface area contributed by atoms with Crippen LogP contribution in [0.3, 0.4) is 0 Å². The summed E-state index contributed by atoms with van der Waals surface area (Å²) < 4.78 is 5.37. The van der Waals surface area contributed by atoms with Gasteiger partial charge < -0.3 is 15.8 Å². The zero-order valence-electron chi connectivity index (χ0n) is 16.7. The average molecular weight is 366 g/mol. The van der Waals surface area contributed by atoms with Gasteiger partial charge in [0.2, 0.25) is 5.88 Å². The Labute approximate surface area is 159 Å². The molecule has 27 heavy (non-hydrogen) atoms. The lowest BCUT2D eigenvalue weighted by Crippen LogP contribution is -2.29. The van der Waals surface area contributed by atoms with Gasteiger partial charge in [0.05, 0.1) is 12.5 Å². The fourth-order valence-electron chi connectivity index (χ4n) is 2.78. The first-order valence-corrected chi connectivity index (χ1v) is 8.82. The summed E-state index contributed by atoms with van der Waals surface area (Å²) in [5.41, 5.74) is 6.58. The first-order valence-electron chi connectivity index (χ1n) is 8.82. The fourth-order valence-corrected chi connectivity index (χ4v) is 2.78. The molecular weight excluding hydrogens is 340 g/mol. The summed E-state index contributed by atoms with van der Waals surface area (Å²) in [4.78, 5) is 17.8. The van der Waals surface area contributed by atoms with Gasteiger partial charge in [-0.1, -0.05) is 20.8 Å². The van der Waals surface area contributed by atoms with Gasteiger partial charge in [0.1, 0.15) is 17.5 Å². The molecule has 0 spiro atoms. The number of nitrogens with zero attached hydrogens (tertiary/aromatic N) is 4. The minimum Gasteiger partial charge on any atom is -0.481 e. The summed E-state index contributed by atoms with van der Waals surface area (Å²) in [7, 11) is 1.59.